The van der Waals surface area contributed by atoms with Crippen LogP contribution in [0.1, 0.15) is 24.0 Å². The van der Waals surface area contributed by atoms with E-state index in [1.165, 1.54) is 19.4 Å². The maximum atomic E-state index is 13.1. The fraction of sp³-hybridized carbons (Fsp3) is 0.409. The number of piperidine rings is 1. The van der Waals surface area contributed by atoms with E-state index in [2.05, 4.69) is 10.3 Å². The number of hydrogen-bond donors (Lipinski definition) is 1. The number of alkyl halides is 3. The molecule has 3 rings (SSSR count). The first-order chi connectivity index (χ1) is 15.3. The number of halogens is 3. The van der Waals surface area contributed by atoms with Crippen molar-refractivity contribution in [3.8, 4) is 11.8 Å². The van der Waals surface area contributed by atoms with Crippen LogP contribution in [0.2, 0.25) is 0 Å². The summed E-state index contributed by atoms with van der Waals surface area (Å²) in [6, 6.07) is 8.45. The van der Waals surface area contributed by atoms with Gasteiger partial charge < -0.3 is 19.7 Å². The number of anilines is 2. The van der Waals surface area contributed by atoms with E-state index in [1.54, 1.807) is 12.1 Å². The molecule has 32 heavy (non-hydrogen) atoms. The normalized spacial score (nSPS) is 14.7. The van der Waals surface area contributed by atoms with Gasteiger partial charge in [-0.05, 0) is 43.2 Å². The zero-order valence-electron chi connectivity index (χ0n) is 17.5. The van der Waals surface area contributed by atoms with Crippen LogP contribution in [0.3, 0.4) is 0 Å². The predicted octanol–water partition coefficient (Wildman–Crippen LogP) is 3.85. The number of carbonyl (C=O) groups is 1. The zero-order valence-corrected chi connectivity index (χ0v) is 17.5. The molecule has 1 aliphatic rings. The first kappa shape index (κ1) is 23.3. The summed E-state index contributed by atoms with van der Waals surface area (Å²) in [5.41, 5.74) is -0.418. The number of ether oxygens (including phenoxy) is 2. The number of methoxy groups -OCH3 is 1. The minimum absolute atomic E-state index is 0.0166. The molecule has 0 radical (unpaired) electrons. The van der Waals surface area contributed by atoms with Gasteiger partial charge in [0.15, 0.2) is 0 Å². The lowest BCUT2D eigenvalue weighted by molar-refractivity contribution is -0.137. The molecule has 0 aliphatic carbocycles. The number of rotatable bonds is 7. The lowest BCUT2D eigenvalue weighted by atomic mass is 9.95. The Morgan fingerprint density at radius 1 is 1.25 bits per heavy atom. The van der Waals surface area contributed by atoms with E-state index < -0.39 is 11.7 Å². The second-order valence-corrected chi connectivity index (χ2v) is 7.32. The number of nitrogens with one attached hydrogen (secondary N) is 1. The Balaban J connectivity index is 1.66. The molecule has 1 saturated heterocycles. The van der Waals surface area contributed by atoms with Gasteiger partial charge in [0, 0.05) is 32.3 Å². The van der Waals surface area contributed by atoms with Crippen molar-refractivity contribution in [3.05, 3.63) is 47.7 Å². The molecule has 0 bridgehead atoms. The summed E-state index contributed by atoms with van der Waals surface area (Å²) in [4.78, 5) is 19.1. The smallest absolute Gasteiger partial charge is 0.416 e. The molecule has 170 valence electrons. The maximum absolute atomic E-state index is 13.1. The Kier molecular flexibility index (Phi) is 7.53. The van der Waals surface area contributed by atoms with E-state index in [0.29, 0.717) is 31.5 Å². The van der Waals surface area contributed by atoms with Crippen molar-refractivity contribution in [1.82, 2.24) is 4.98 Å². The van der Waals surface area contributed by atoms with Crippen molar-refractivity contribution in [2.24, 2.45) is 5.92 Å². The van der Waals surface area contributed by atoms with Crippen LogP contribution < -0.4 is 15.0 Å². The van der Waals surface area contributed by atoms with Crippen molar-refractivity contribution in [2.75, 3.05) is 43.6 Å². The average molecular weight is 448 g/mol. The van der Waals surface area contributed by atoms with E-state index in [4.69, 9.17) is 14.7 Å². The number of benzene rings is 1. The van der Waals surface area contributed by atoms with E-state index in [-0.39, 0.29) is 36.5 Å². The van der Waals surface area contributed by atoms with Gasteiger partial charge >= 0.3 is 6.18 Å². The molecule has 1 aliphatic heterocycles. The fourth-order valence-electron chi connectivity index (χ4n) is 3.41. The number of pyridine rings is 1. The standard InChI is InChI=1S/C22H23F3N4O3/c1-31-10-11-32-19-4-3-17(22(23,24)25)12-18(19)28-21(30)16-6-8-29(9-7-16)20-5-2-15(13-26)14-27-20/h2-5,12,14,16H,6-11H2,1H3,(H,28,30). The summed E-state index contributed by atoms with van der Waals surface area (Å²) >= 11 is 0. The highest BCUT2D eigenvalue weighted by Gasteiger charge is 2.32. The van der Waals surface area contributed by atoms with Crippen LogP contribution >= 0.6 is 0 Å². The van der Waals surface area contributed by atoms with Crippen molar-refractivity contribution < 1.29 is 27.4 Å². The highest BCUT2D eigenvalue weighted by molar-refractivity contribution is 5.94. The molecule has 2 aromatic rings. The average Bonchev–Trinajstić information content (AvgIpc) is 2.79. The van der Waals surface area contributed by atoms with Crippen LogP contribution in [0.4, 0.5) is 24.7 Å². The molecule has 1 aromatic carbocycles. The van der Waals surface area contributed by atoms with Crippen LogP contribution in [-0.2, 0) is 15.7 Å². The Labute approximate surface area is 183 Å². The molecular weight excluding hydrogens is 425 g/mol. The van der Waals surface area contributed by atoms with Gasteiger partial charge in [0.1, 0.15) is 24.2 Å². The van der Waals surface area contributed by atoms with E-state index in [1.807, 2.05) is 11.0 Å². The van der Waals surface area contributed by atoms with Crippen molar-refractivity contribution >= 4 is 17.4 Å². The molecule has 0 saturated carbocycles. The Morgan fingerprint density at radius 2 is 2.00 bits per heavy atom. The van der Waals surface area contributed by atoms with E-state index >= 15 is 0 Å². The van der Waals surface area contributed by atoms with Crippen LogP contribution in [-0.4, -0.2) is 44.3 Å². The van der Waals surface area contributed by atoms with Gasteiger partial charge in [0.2, 0.25) is 5.91 Å². The third-order valence-electron chi connectivity index (χ3n) is 5.18. The van der Waals surface area contributed by atoms with Crippen LogP contribution in [0.15, 0.2) is 36.5 Å². The highest BCUT2D eigenvalue weighted by atomic mass is 19.4. The van der Waals surface area contributed by atoms with Gasteiger partial charge in [-0.25, -0.2) is 4.98 Å². The van der Waals surface area contributed by atoms with Gasteiger partial charge in [0.25, 0.3) is 0 Å². The van der Waals surface area contributed by atoms with Crippen molar-refractivity contribution in [3.63, 3.8) is 0 Å². The molecule has 1 N–H and O–H groups in total. The Bertz CT molecular complexity index is 966. The lowest BCUT2D eigenvalue weighted by Gasteiger charge is -2.32. The predicted molar refractivity (Wildman–Crippen MR) is 111 cm³/mol. The SMILES string of the molecule is COCCOc1ccc(C(F)(F)F)cc1NC(=O)C1CCN(c2ccc(C#N)cn2)CC1. The molecule has 10 heteroatoms. The minimum atomic E-state index is -4.54. The first-order valence-corrected chi connectivity index (χ1v) is 10.1. The second-order valence-electron chi connectivity index (χ2n) is 7.32. The Hall–Kier alpha value is -3.32. The zero-order chi connectivity index (χ0) is 23.1. The molecule has 2 heterocycles. The lowest BCUT2D eigenvalue weighted by Crippen LogP contribution is -2.38. The molecule has 0 atom stereocenters. The quantitative estimate of drug-likeness (QED) is 0.648. The minimum Gasteiger partial charge on any atom is -0.489 e. The first-order valence-electron chi connectivity index (χ1n) is 10.1. The molecular formula is C22H23F3N4O3. The maximum Gasteiger partial charge on any atom is 0.416 e. The van der Waals surface area contributed by atoms with Gasteiger partial charge in [0.05, 0.1) is 23.4 Å². The summed E-state index contributed by atoms with van der Waals surface area (Å²) in [6.45, 7) is 1.53. The summed E-state index contributed by atoms with van der Waals surface area (Å²) in [5, 5.41) is 11.5. The second kappa shape index (κ2) is 10.3. The van der Waals surface area contributed by atoms with E-state index in [0.717, 1.165) is 18.0 Å². The molecule has 1 amide bonds. The monoisotopic (exact) mass is 448 g/mol. The third-order valence-corrected chi connectivity index (χ3v) is 5.18. The van der Waals surface area contributed by atoms with Gasteiger partial charge in [-0.3, -0.25) is 4.79 Å². The van der Waals surface area contributed by atoms with Gasteiger partial charge in [-0.2, -0.15) is 18.4 Å². The van der Waals surface area contributed by atoms with Crippen LogP contribution in [0.25, 0.3) is 0 Å². The van der Waals surface area contributed by atoms with Gasteiger partial charge in [-0.1, -0.05) is 0 Å². The van der Waals surface area contributed by atoms with Crippen molar-refractivity contribution in [2.45, 2.75) is 19.0 Å². The highest BCUT2D eigenvalue weighted by Crippen LogP contribution is 2.35. The topological polar surface area (TPSA) is 87.5 Å². The summed E-state index contributed by atoms with van der Waals surface area (Å²) < 4.78 is 49.8. The largest absolute Gasteiger partial charge is 0.489 e. The third kappa shape index (κ3) is 5.88. The summed E-state index contributed by atoms with van der Waals surface area (Å²) in [5.74, 6) is 0.163. The fourth-order valence-corrected chi connectivity index (χ4v) is 3.41. The molecule has 0 spiro atoms. The number of amides is 1. The van der Waals surface area contributed by atoms with E-state index in [9.17, 15) is 18.0 Å². The Morgan fingerprint density at radius 3 is 2.59 bits per heavy atom. The van der Waals surface area contributed by atoms with Crippen LogP contribution in [0, 0.1) is 17.2 Å². The number of nitriles is 1. The summed E-state index contributed by atoms with van der Waals surface area (Å²) in [6.07, 6.45) is -2.00. The number of hydrogen-bond acceptors (Lipinski definition) is 6. The number of nitrogens with zero attached hydrogens (tertiary/aromatic N) is 3. The molecule has 1 fully saturated rings. The number of carbonyl (C=O) groups excluding carboxylic acids is 1. The number of aromatic nitrogens is 1. The van der Waals surface area contributed by atoms with Crippen LogP contribution in [0.5, 0.6) is 5.75 Å². The van der Waals surface area contributed by atoms with Gasteiger partial charge in [-0.15, -0.1) is 0 Å². The molecule has 0 unspecified atom stereocenters. The van der Waals surface area contributed by atoms with Crippen molar-refractivity contribution in [1.29, 1.82) is 5.26 Å². The molecule has 7 nitrogen and oxygen atoms in total. The molecule has 1 aromatic heterocycles. The summed E-state index contributed by atoms with van der Waals surface area (Å²) in [7, 11) is 1.48.